The first-order valence-corrected chi connectivity index (χ1v) is 12.0. The standard InChI is InChI=1S/C29H36N2O/c1-7-21-15-16-23-20(3)27(29(4,5)24-14-9-8-11-19(24)2)28(32)31(26(23)17-21)18-25(30-6)22-12-10-13-22/h8-9,11,14-17,22H,7,10,12-13,18H2,1-6H3. The summed E-state index contributed by atoms with van der Waals surface area (Å²) in [6.07, 6.45) is 4.59. The van der Waals surface area contributed by atoms with E-state index in [4.69, 9.17) is 0 Å². The van der Waals surface area contributed by atoms with Crippen LogP contribution in [0.5, 0.6) is 0 Å². The number of aromatic nitrogens is 1. The van der Waals surface area contributed by atoms with Gasteiger partial charge >= 0.3 is 0 Å². The maximum absolute atomic E-state index is 14.2. The van der Waals surface area contributed by atoms with Crippen LogP contribution in [-0.4, -0.2) is 17.3 Å². The molecule has 1 saturated carbocycles. The number of pyridine rings is 1. The van der Waals surface area contributed by atoms with E-state index in [0.717, 1.165) is 28.8 Å². The number of hydrogen-bond donors (Lipinski definition) is 0. The van der Waals surface area contributed by atoms with Crippen molar-refractivity contribution in [3.63, 3.8) is 0 Å². The molecule has 0 spiro atoms. The second-order valence-electron chi connectivity index (χ2n) is 9.88. The normalized spacial score (nSPS) is 15.2. The van der Waals surface area contributed by atoms with Gasteiger partial charge in [-0.3, -0.25) is 9.79 Å². The van der Waals surface area contributed by atoms with E-state index in [0.29, 0.717) is 12.5 Å². The molecule has 0 atom stereocenters. The van der Waals surface area contributed by atoms with Gasteiger partial charge < -0.3 is 4.57 Å². The summed E-state index contributed by atoms with van der Waals surface area (Å²) in [5, 5.41) is 1.17. The van der Waals surface area contributed by atoms with E-state index < -0.39 is 5.41 Å². The molecule has 4 rings (SSSR count). The lowest BCUT2D eigenvalue weighted by Gasteiger charge is -2.32. The zero-order valence-electron chi connectivity index (χ0n) is 20.5. The van der Waals surface area contributed by atoms with Crippen LogP contribution in [0.2, 0.25) is 0 Å². The van der Waals surface area contributed by atoms with Crippen LogP contribution in [0.4, 0.5) is 0 Å². The molecule has 1 aliphatic carbocycles. The third-order valence-electron chi connectivity index (χ3n) is 7.63. The largest absolute Gasteiger partial charge is 0.302 e. The molecular formula is C29H36N2O. The van der Waals surface area contributed by atoms with Crippen molar-refractivity contribution in [3.05, 3.63) is 80.6 Å². The smallest absolute Gasteiger partial charge is 0.255 e. The van der Waals surface area contributed by atoms with Crippen molar-refractivity contribution in [2.45, 2.75) is 72.3 Å². The fourth-order valence-electron chi connectivity index (χ4n) is 5.46. The SMILES string of the molecule is CCc1ccc2c(C)c(C(C)(C)c3ccccc3C)c(=O)n(CC(=NC)C3CCC3)c2c1. The van der Waals surface area contributed by atoms with E-state index in [2.05, 4.69) is 82.1 Å². The summed E-state index contributed by atoms with van der Waals surface area (Å²) in [6.45, 7) is 11.4. The first kappa shape index (κ1) is 22.5. The van der Waals surface area contributed by atoms with E-state index in [-0.39, 0.29) is 5.56 Å². The van der Waals surface area contributed by atoms with Crippen molar-refractivity contribution in [2.75, 3.05) is 7.05 Å². The quantitative estimate of drug-likeness (QED) is 0.420. The topological polar surface area (TPSA) is 34.4 Å². The molecule has 0 N–H and O–H groups in total. The number of nitrogens with zero attached hydrogens (tertiary/aromatic N) is 2. The summed E-state index contributed by atoms with van der Waals surface area (Å²) in [5.74, 6) is 0.519. The van der Waals surface area contributed by atoms with Gasteiger partial charge in [-0.05, 0) is 67.3 Å². The number of aryl methyl sites for hydroxylation is 3. The van der Waals surface area contributed by atoms with Crippen molar-refractivity contribution >= 4 is 16.6 Å². The van der Waals surface area contributed by atoms with Crippen molar-refractivity contribution in [1.29, 1.82) is 0 Å². The number of benzene rings is 2. The molecule has 3 heteroatoms. The Balaban J connectivity index is 2.00. The predicted molar refractivity (Wildman–Crippen MR) is 136 cm³/mol. The van der Waals surface area contributed by atoms with Crippen LogP contribution in [-0.2, 0) is 18.4 Å². The Kier molecular flexibility index (Phi) is 6.11. The van der Waals surface area contributed by atoms with Gasteiger partial charge in [0.15, 0.2) is 0 Å². The Morgan fingerprint density at radius 1 is 1.12 bits per heavy atom. The molecule has 168 valence electrons. The molecule has 0 saturated heterocycles. The molecule has 2 aromatic carbocycles. The van der Waals surface area contributed by atoms with Crippen LogP contribution >= 0.6 is 0 Å². The van der Waals surface area contributed by atoms with Gasteiger partial charge in [-0.15, -0.1) is 0 Å². The highest BCUT2D eigenvalue weighted by atomic mass is 16.1. The second kappa shape index (κ2) is 8.69. The summed E-state index contributed by atoms with van der Waals surface area (Å²) >= 11 is 0. The molecule has 1 aliphatic rings. The third-order valence-corrected chi connectivity index (χ3v) is 7.63. The highest BCUT2D eigenvalue weighted by Crippen LogP contribution is 2.36. The third kappa shape index (κ3) is 3.72. The molecule has 32 heavy (non-hydrogen) atoms. The molecule has 0 aliphatic heterocycles. The Labute approximate surface area is 192 Å². The minimum atomic E-state index is -0.397. The molecule has 1 fully saturated rings. The number of rotatable bonds is 6. The molecule has 0 unspecified atom stereocenters. The van der Waals surface area contributed by atoms with Crippen molar-refractivity contribution in [2.24, 2.45) is 10.9 Å². The van der Waals surface area contributed by atoms with Crippen molar-refractivity contribution in [3.8, 4) is 0 Å². The predicted octanol–water partition coefficient (Wildman–Crippen LogP) is 6.38. The van der Waals surface area contributed by atoms with Gasteiger partial charge in [0, 0.05) is 29.1 Å². The first-order chi connectivity index (χ1) is 15.3. The van der Waals surface area contributed by atoms with E-state index >= 15 is 0 Å². The molecule has 1 heterocycles. The van der Waals surface area contributed by atoms with E-state index in [1.165, 1.54) is 41.3 Å². The summed E-state index contributed by atoms with van der Waals surface area (Å²) < 4.78 is 2.01. The molecule has 0 amide bonds. The summed E-state index contributed by atoms with van der Waals surface area (Å²) in [7, 11) is 1.88. The Morgan fingerprint density at radius 3 is 2.44 bits per heavy atom. The van der Waals surface area contributed by atoms with E-state index in [1.807, 2.05) is 11.6 Å². The van der Waals surface area contributed by atoms with Gasteiger partial charge in [-0.1, -0.05) is 63.6 Å². The van der Waals surface area contributed by atoms with Crippen LogP contribution in [0.1, 0.15) is 67.9 Å². The molecular weight excluding hydrogens is 392 g/mol. The molecule has 0 bridgehead atoms. The molecule has 3 nitrogen and oxygen atoms in total. The van der Waals surface area contributed by atoms with E-state index in [9.17, 15) is 4.79 Å². The number of aliphatic imine (C=N–C) groups is 1. The van der Waals surface area contributed by atoms with Gasteiger partial charge in [0.1, 0.15) is 0 Å². The van der Waals surface area contributed by atoms with Gasteiger partial charge in [-0.2, -0.15) is 0 Å². The van der Waals surface area contributed by atoms with Gasteiger partial charge in [0.25, 0.3) is 5.56 Å². The second-order valence-corrected chi connectivity index (χ2v) is 9.88. The molecule has 0 radical (unpaired) electrons. The molecule has 3 aromatic rings. The zero-order valence-corrected chi connectivity index (χ0v) is 20.5. The lowest BCUT2D eigenvalue weighted by molar-refractivity contribution is 0.405. The number of hydrogen-bond acceptors (Lipinski definition) is 2. The maximum atomic E-state index is 14.2. The van der Waals surface area contributed by atoms with Crippen LogP contribution in [0.25, 0.3) is 10.9 Å². The average Bonchev–Trinajstić information content (AvgIpc) is 2.74. The minimum Gasteiger partial charge on any atom is -0.302 e. The van der Waals surface area contributed by atoms with Crippen LogP contribution in [0, 0.1) is 19.8 Å². The Hall–Kier alpha value is -2.68. The Bertz CT molecular complexity index is 1240. The monoisotopic (exact) mass is 428 g/mol. The fraction of sp³-hybridized carbons (Fsp3) is 0.448. The number of fused-ring (bicyclic) bond motifs is 1. The summed E-state index contributed by atoms with van der Waals surface area (Å²) in [6, 6.07) is 15.1. The van der Waals surface area contributed by atoms with Crippen LogP contribution in [0.15, 0.2) is 52.3 Å². The van der Waals surface area contributed by atoms with Crippen LogP contribution in [0.3, 0.4) is 0 Å². The average molecular weight is 429 g/mol. The fourth-order valence-corrected chi connectivity index (χ4v) is 5.46. The van der Waals surface area contributed by atoms with Crippen molar-refractivity contribution < 1.29 is 0 Å². The minimum absolute atomic E-state index is 0.122. The van der Waals surface area contributed by atoms with E-state index in [1.54, 1.807) is 0 Å². The highest BCUT2D eigenvalue weighted by molar-refractivity contribution is 5.90. The van der Waals surface area contributed by atoms with Gasteiger partial charge in [0.05, 0.1) is 12.1 Å². The lowest BCUT2D eigenvalue weighted by atomic mass is 9.74. The van der Waals surface area contributed by atoms with Gasteiger partial charge in [0.2, 0.25) is 0 Å². The van der Waals surface area contributed by atoms with Gasteiger partial charge in [-0.25, -0.2) is 0 Å². The molecule has 1 aromatic heterocycles. The first-order valence-electron chi connectivity index (χ1n) is 12.0. The summed E-state index contributed by atoms with van der Waals surface area (Å²) in [5.41, 5.74) is 7.59. The lowest BCUT2D eigenvalue weighted by Crippen LogP contribution is -2.37. The summed E-state index contributed by atoms with van der Waals surface area (Å²) in [4.78, 5) is 18.9. The van der Waals surface area contributed by atoms with Crippen molar-refractivity contribution in [1.82, 2.24) is 4.57 Å². The zero-order chi connectivity index (χ0) is 23.0. The Morgan fingerprint density at radius 2 is 1.84 bits per heavy atom. The highest BCUT2D eigenvalue weighted by Gasteiger charge is 2.32. The maximum Gasteiger partial charge on any atom is 0.255 e. The van der Waals surface area contributed by atoms with Crippen LogP contribution < -0.4 is 5.56 Å².